The van der Waals surface area contributed by atoms with Gasteiger partial charge in [0, 0.05) is 15.8 Å². The molecule has 0 atom stereocenters. The minimum absolute atomic E-state index is 0.0809. The van der Waals surface area contributed by atoms with Crippen LogP contribution in [0.2, 0.25) is 0 Å². The molecule has 26 heavy (non-hydrogen) atoms. The quantitative estimate of drug-likeness (QED) is 0.581. The lowest BCUT2D eigenvalue weighted by Gasteiger charge is -2.10. The number of aromatic hydroxyl groups is 1. The van der Waals surface area contributed by atoms with E-state index in [0.717, 1.165) is 21.1 Å². The highest BCUT2D eigenvalue weighted by Gasteiger charge is 2.17. The lowest BCUT2D eigenvalue weighted by atomic mass is 10.1. The Kier molecular flexibility index (Phi) is 5.30. The maximum Gasteiger partial charge on any atom is 0.271 e. The molecule has 3 rings (SSSR count). The number of amides is 1. The minimum Gasteiger partial charge on any atom is -0.507 e. The summed E-state index contributed by atoms with van der Waals surface area (Å²) in [7, 11) is -3.71. The number of carbonyl (C=O) groups is 1. The molecule has 1 amide bonds. The molecule has 9 heteroatoms. The summed E-state index contributed by atoms with van der Waals surface area (Å²) >= 11 is 2.68. The molecule has 3 N–H and O–H groups in total. The number of anilines is 1. The molecule has 0 aliphatic rings. The summed E-state index contributed by atoms with van der Waals surface area (Å²) in [5, 5.41) is 14.5. The standard InChI is InChI=1S/C17H16N2O4S3/c1-11-4-6-13(25-11)10-18-17(21)14-7-5-12(9-15(14)20)19-26(22,23)16-3-2-8-24-16/h2-9,19-20H,10H2,1H3,(H,18,21). The monoisotopic (exact) mass is 408 g/mol. The van der Waals surface area contributed by atoms with Crippen molar-refractivity contribution in [3.05, 3.63) is 63.2 Å². The molecule has 0 fully saturated rings. The van der Waals surface area contributed by atoms with Crippen LogP contribution in [0.25, 0.3) is 0 Å². The zero-order valence-corrected chi connectivity index (χ0v) is 16.2. The number of thiophene rings is 2. The molecule has 0 spiro atoms. The van der Waals surface area contributed by atoms with Gasteiger partial charge in [0.2, 0.25) is 0 Å². The molecule has 0 aliphatic carbocycles. The maximum atomic E-state index is 12.2. The van der Waals surface area contributed by atoms with Crippen molar-refractivity contribution < 1.29 is 18.3 Å². The first-order valence-electron chi connectivity index (χ1n) is 7.58. The average Bonchev–Trinajstić information content (AvgIpc) is 3.24. The molecular formula is C17H16N2O4S3. The Morgan fingerprint density at radius 2 is 2.00 bits per heavy atom. The molecule has 2 heterocycles. The Balaban J connectivity index is 1.70. The van der Waals surface area contributed by atoms with Crippen molar-refractivity contribution in [1.29, 1.82) is 0 Å². The Hall–Kier alpha value is -2.36. The Labute approximate surface area is 159 Å². The highest BCUT2D eigenvalue weighted by Crippen LogP contribution is 2.25. The van der Waals surface area contributed by atoms with E-state index in [-0.39, 0.29) is 21.2 Å². The third-order valence-corrected chi connectivity index (χ3v) is 7.25. The van der Waals surface area contributed by atoms with E-state index in [1.165, 1.54) is 24.3 Å². The van der Waals surface area contributed by atoms with Crippen LogP contribution in [0.4, 0.5) is 5.69 Å². The predicted octanol–water partition coefficient (Wildman–Crippen LogP) is 3.55. The molecule has 0 saturated carbocycles. The fourth-order valence-electron chi connectivity index (χ4n) is 2.25. The smallest absolute Gasteiger partial charge is 0.271 e. The van der Waals surface area contributed by atoms with Crippen LogP contribution in [0.5, 0.6) is 5.75 Å². The van der Waals surface area contributed by atoms with Crippen molar-refractivity contribution in [2.24, 2.45) is 0 Å². The van der Waals surface area contributed by atoms with Crippen molar-refractivity contribution in [2.75, 3.05) is 4.72 Å². The van der Waals surface area contributed by atoms with Crippen molar-refractivity contribution >= 4 is 44.3 Å². The van der Waals surface area contributed by atoms with Gasteiger partial charge in [0.1, 0.15) is 9.96 Å². The number of phenolic OH excluding ortho intramolecular Hbond substituents is 1. The summed E-state index contributed by atoms with van der Waals surface area (Å²) in [6.45, 7) is 2.35. The molecule has 0 unspecified atom stereocenters. The highest BCUT2D eigenvalue weighted by atomic mass is 32.2. The highest BCUT2D eigenvalue weighted by molar-refractivity contribution is 7.94. The van der Waals surface area contributed by atoms with Gasteiger partial charge in [-0.2, -0.15) is 0 Å². The van der Waals surface area contributed by atoms with Crippen LogP contribution in [-0.4, -0.2) is 19.4 Å². The van der Waals surface area contributed by atoms with Crippen LogP contribution in [-0.2, 0) is 16.6 Å². The summed E-state index contributed by atoms with van der Waals surface area (Å²) in [6.07, 6.45) is 0. The van der Waals surface area contributed by atoms with E-state index in [1.807, 2.05) is 19.1 Å². The summed E-state index contributed by atoms with van der Waals surface area (Å²) in [5.74, 6) is -0.725. The van der Waals surface area contributed by atoms with E-state index in [4.69, 9.17) is 0 Å². The SMILES string of the molecule is Cc1ccc(CNC(=O)c2ccc(NS(=O)(=O)c3cccs3)cc2O)s1. The lowest BCUT2D eigenvalue weighted by molar-refractivity contribution is 0.0948. The Morgan fingerprint density at radius 3 is 2.62 bits per heavy atom. The number of hydrogen-bond acceptors (Lipinski definition) is 6. The fraction of sp³-hybridized carbons (Fsp3) is 0.118. The molecule has 0 saturated heterocycles. The molecule has 0 bridgehead atoms. The molecule has 6 nitrogen and oxygen atoms in total. The van der Waals surface area contributed by atoms with Gasteiger partial charge in [-0.1, -0.05) is 6.07 Å². The van der Waals surface area contributed by atoms with Crippen molar-refractivity contribution in [3.63, 3.8) is 0 Å². The summed E-state index contributed by atoms with van der Waals surface area (Å²) in [5.41, 5.74) is 0.263. The van der Waals surface area contributed by atoms with Gasteiger partial charge in [-0.25, -0.2) is 8.42 Å². The van der Waals surface area contributed by atoms with Crippen molar-refractivity contribution in [2.45, 2.75) is 17.7 Å². The Bertz CT molecular complexity index is 1020. The van der Waals surface area contributed by atoms with Crippen LogP contribution < -0.4 is 10.0 Å². The zero-order chi connectivity index (χ0) is 18.7. The molecule has 136 valence electrons. The number of carbonyl (C=O) groups excluding carboxylic acids is 1. The second-order valence-electron chi connectivity index (χ2n) is 5.46. The summed E-state index contributed by atoms with van der Waals surface area (Å²) < 4.78 is 26.9. The number of phenols is 1. The van der Waals surface area contributed by atoms with Gasteiger partial charge >= 0.3 is 0 Å². The van der Waals surface area contributed by atoms with Gasteiger partial charge in [0.15, 0.2) is 0 Å². The largest absolute Gasteiger partial charge is 0.507 e. The lowest BCUT2D eigenvalue weighted by Crippen LogP contribution is -2.22. The summed E-state index contributed by atoms with van der Waals surface area (Å²) in [4.78, 5) is 14.4. The molecule has 3 aromatic rings. The van der Waals surface area contributed by atoms with Crippen molar-refractivity contribution in [3.8, 4) is 5.75 Å². The maximum absolute atomic E-state index is 12.2. The third kappa shape index (κ3) is 4.24. The Morgan fingerprint density at radius 1 is 1.19 bits per heavy atom. The van der Waals surface area contributed by atoms with Gasteiger partial charge in [0.25, 0.3) is 15.9 Å². The minimum atomic E-state index is -3.71. The van der Waals surface area contributed by atoms with Gasteiger partial charge in [-0.15, -0.1) is 22.7 Å². The van der Waals surface area contributed by atoms with E-state index in [1.54, 1.807) is 22.8 Å². The van der Waals surface area contributed by atoms with Crippen molar-refractivity contribution in [1.82, 2.24) is 5.32 Å². The number of hydrogen-bond donors (Lipinski definition) is 3. The normalized spacial score (nSPS) is 11.3. The first-order valence-corrected chi connectivity index (χ1v) is 10.8. The molecule has 0 aliphatic heterocycles. The average molecular weight is 409 g/mol. The zero-order valence-electron chi connectivity index (χ0n) is 13.7. The van der Waals surface area contributed by atoms with E-state index in [2.05, 4.69) is 10.0 Å². The van der Waals surface area contributed by atoms with Crippen LogP contribution >= 0.6 is 22.7 Å². The number of sulfonamides is 1. The molecular weight excluding hydrogens is 392 g/mol. The van der Waals surface area contributed by atoms with Gasteiger partial charge < -0.3 is 10.4 Å². The van der Waals surface area contributed by atoms with Gasteiger partial charge in [-0.05, 0) is 42.6 Å². The third-order valence-electron chi connectivity index (χ3n) is 3.47. The topological polar surface area (TPSA) is 95.5 Å². The molecule has 2 aromatic heterocycles. The number of nitrogens with one attached hydrogen (secondary N) is 2. The van der Waals surface area contributed by atoms with Crippen LogP contribution in [0.15, 0.2) is 52.1 Å². The van der Waals surface area contributed by atoms with E-state index in [9.17, 15) is 18.3 Å². The first-order chi connectivity index (χ1) is 12.3. The van der Waals surface area contributed by atoms with E-state index < -0.39 is 15.9 Å². The van der Waals surface area contributed by atoms with E-state index in [0.29, 0.717) is 6.54 Å². The van der Waals surface area contributed by atoms with Gasteiger partial charge in [-0.3, -0.25) is 9.52 Å². The first kappa shape index (κ1) is 18.4. The fourth-order valence-corrected chi connectivity index (χ4v) is 5.12. The molecule has 1 aromatic carbocycles. The van der Waals surface area contributed by atoms with E-state index >= 15 is 0 Å². The van der Waals surface area contributed by atoms with Crippen LogP contribution in [0, 0.1) is 6.92 Å². The van der Waals surface area contributed by atoms with Gasteiger partial charge in [0.05, 0.1) is 17.8 Å². The number of aryl methyl sites for hydroxylation is 1. The predicted molar refractivity (Wildman–Crippen MR) is 103 cm³/mol. The summed E-state index contributed by atoms with van der Waals surface area (Å²) in [6, 6.07) is 11.1. The van der Waals surface area contributed by atoms with Crippen LogP contribution in [0.1, 0.15) is 20.1 Å². The molecule has 0 radical (unpaired) electrons. The van der Waals surface area contributed by atoms with Crippen LogP contribution in [0.3, 0.4) is 0 Å². The number of benzene rings is 1. The number of rotatable bonds is 6. The second kappa shape index (κ2) is 7.48. The second-order valence-corrected chi connectivity index (χ2v) is 9.69.